The van der Waals surface area contributed by atoms with Gasteiger partial charge in [0.25, 0.3) is 0 Å². The Labute approximate surface area is 94.1 Å². The first-order chi connectivity index (χ1) is 7.54. The number of amides is 1. The van der Waals surface area contributed by atoms with Crippen LogP contribution in [0.4, 0.5) is 4.79 Å². The van der Waals surface area contributed by atoms with Gasteiger partial charge in [0.2, 0.25) is 0 Å². The first-order valence-electron chi connectivity index (χ1n) is 5.28. The van der Waals surface area contributed by atoms with Gasteiger partial charge in [0.05, 0.1) is 18.2 Å². The lowest BCUT2D eigenvalue weighted by Gasteiger charge is -2.33. The van der Waals surface area contributed by atoms with Crippen molar-refractivity contribution in [2.45, 2.75) is 25.0 Å². The molecule has 0 aromatic heterocycles. The molecule has 1 amide bonds. The van der Waals surface area contributed by atoms with Crippen LogP contribution in [0.15, 0.2) is 30.3 Å². The maximum absolute atomic E-state index is 11.2. The van der Waals surface area contributed by atoms with E-state index in [1.165, 1.54) is 4.90 Å². The average Bonchev–Trinajstić information content (AvgIpc) is 2.57. The number of carbonyl (C=O) groups is 1. The van der Waals surface area contributed by atoms with Crippen molar-refractivity contribution in [3.8, 4) is 0 Å². The van der Waals surface area contributed by atoms with Crippen molar-refractivity contribution in [3.63, 3.8) is 0 Å². The lowest BCUT2D eigenvalue weighted by molar-refractivity contribution is 0.107. The van der Waals surface area contributed by atoms with E-state index in [0.29, 0.717) is 6.42 Å². The van der Waals surface area contributed by atoms with Crippen molar-refractivity contribution < 1.29 is 15.0 Å². The number of benzene rings is 1. The molecule has 2 rings (SSSR count). The van der Waals surface area contributed by atoms with E-state index in [9.17, 15) is 9.90 Å². The summed E-state index contributed by atoms with van der Waals surface area (Å²) >= 11 is 0. The highest BCUT2D eigenvalue weighted by Crippen LogP contribution is 2.38. The zero-order valence-electron chi connectivity index (χ0n) is 9.13. The first-order valence-corrected chi connectivity index (χ1v) is 5.28. The second kappa shape index (κ2) is 3.79. The van der Waals surface area contributed by atoms with E-state index in [0.717, 1.165) is 5.56 Å². The van der Waals surface area contributed by atoms with Gasteiger partial charge < -0.3 is 10.2 Å². The van der Waals surface area contributed by atoms with Crippen LogP contribution >= 0.6 is 0 Å². The number of β-amino-alcohol motifs (C(OH)–C–C–N with tert-alkyl or cyclic N) is 1. The first kappa shape index (κ1) is 11.0. The molecule has 2 unspecified atom stereocenters. The highest BCUT2D eigenvalue weighted by molar-refractivity contribution is 5.67. The van der Waals surface area contributed by atoms with Crippen LogP contribution in [0.25, 0.3) is 0 Å². The van der Waals surface area contributed by atoms with Crippen LogP contribution < -0.4 is 0 Å². The van der Waals surface area contributed by atoms with E-state index in [2.05, 4.69) is 0 Å². The lowest BCUT2D eigenvalue weighted by atomic mass is 9.89. The van der Waals surface area contributed by atoms with E-state index < -0.39 is 17.7 Å². The molecule has 1 heterocycles. The third-order valence-corrected chi connectivity index (χ3v) is 3.25. The fourth-order valence-corrected chi connectivity index (χ4v) is 2.41. The third-order valence-electron chi connectivity index (χ3n) is 3.25. The largest absolute Gasteiger partial charge is 0.465 e. The lowest BCUT2D eigenvalue weighted by Crippen LogP contribution is -2.42. The Bertz CT molecular complexity index is 393. The molecule has 4 nitrogen and oxygen atoms in total. The van der Waals surface area contributed by atoms with Gasteiger partial charge in [0.1, 0.15) is 0 Å². The van der Waals surface area contributed by atoms with Crippen molar-refractivity contribution in [2.24, 2.45) is 0 Å². The molecule has 1 aromatic rings. The minimum absolute atomic E-state index is 0.181. The number of aliphatic hydroxyl groups excluding tert-OH is 1. The van der Waals surface area contributed by atoms with Crippen LogP contribution in [0.1, 0.15) is 18.9 Å². The molecule has 0 radical (unpaired) electrons. The number of rotatable bonds is 1. The van der Waals surface area contributed by atoms with Crippen molar-refractivity contribution in [1.29, 1.82) is 0 Å². The number of carboxylic acid groups (broad SMARTS) is 1. The molecule has 16 heavy (non-hydrogen) atoms. The molecule has 0 spiro atoms. The number of hydrogen-bond donors (Lipinski definition) is 2. The summed E-state index contributed by atoms with van der Waals surface area (Å²) in [5.74, 6) is 0. The van der Waals surface area contributed by atoms with Gasteiger partial charge in [-0.2, -0.15) is 0 Å². The van der Waals surface area contributed by atoms with Gasteiger partial charge >= 0.3 is 6.09 Å². The number of nitrogens with zero attached hydrogens (tertiary/aromatic N) is 1. The van der Waals surface area contributed by atoms with E-state index in [1.807, 2.05) is 37.3 Å². The average molecular weight is 221 g/mol. The van der Waals surface area contributed by atoms with Crippen LogP contribution in [0, 0.1) is 0 Å². The van der Waals surface area contributed by atoms with Crippen LogP contribution in [-0.4, -0.2) is 33.9 Å². The molecule has 1 saturated heterocycles. The monoisotopic (exact) mass is 221 g/mol. The summed E-state index contributed by atoms with van der Waals surface area (Å²) in [6.45, 7) is 2.04. The van der Waals surface area contributed by atoms with E-state index in [-0.39, 0.29) is 6.54 Å². The van der Waals surface area contributed by atoms with Crippen LogP contribution in [0.3, 0.4) is 0 Å². The van der Waals surface area contributed by atoms with Gasteiger partial charge in [0, 0.05) is 6.42 Å². The van der Waals surface area contributed by atoms with E-state index >= 15 is 0 Å². The fourth-order valence-electron chi connectivity index (χ4n) is 2.41. The Kier molecular flexibility index (Phi) is 2.59. The third kappa shape index (κ3) is 1.65. The Hall–Kier alpha value is -1.55. The summed E-state index contributed by atoms with van der Waals surface area (Å²) in [6.07, 6.45) is -1.12. The molecule has 1 aromatic carbocycles. The van der Waals surface area contributed by atoms with Crippen molar-refractivity contribution in [3.05, 3.63) is 35.9 Å². The summed E-state index contributed by atoms with van der Waals surface area (Å²) in [7, 11) is 0. The van der Waals surface area contributed by atoms with Gasteiger partial charge in [-0.3, -0.25) is 4.90 Å². The fraction of sp³-hybridized carbons (Fsp3) is 0.417. The number of hydrogen-bond acceptors (Lipinski definition) is 2. The minimum Gasteiger partial charge on any atom is -0.465 e. The highest BCUT2D eigenvalue weighted by Gasteiger charge is 2.45. The summed E-state index contributed by atoms with van der Waals surface area (Å²) in [4.78, 5) is 12.5. The van der Waals surface area contributed by atoms with Crippen molar-refractivity contribution in [1.82, 2.24) is 4.90 Å². The second-order valence-electron chi connectivity index (χ2n) is 4.39. The Morgan fingerprint density at radius 2 is 2.06 bits per heavy atom. The standard InChI is InChI=1S/C12H15NO3/c1-12(9-5-3-2-4-6-9)7-10(14)8-13(12)11(15)16/h2-6,10,14H,7-8H2,1H3,(H,15,16). The molecular weight excluding hydrogens is 206 g/mol. The highest BCUT2D eigenvalue weighted by atomic mass is 16.4. The molecule has 0 bridgehead atoms. The summed E-state index contributed by atoms with van der Waals surface area (Å²) in [5, 5.41) is 18.8. The molecule has 86 valence electrons. The molecule has 1 aliphatic rings. The van der Waals surface area contributed by atoms with Gasteiger partial charge in [-0.15, -0.1) is 0 Å². The summed E-state index contributed by atoms with van der Waals surface area (Å²) in [6, 6.07) is 9.45. The van der Waals surface area contributed by atoms with Crippen LogP contribution in [0.5, 0.6) is 0 Å². The zero-order chi connectivity index (χ0) is 11.8. The minimum atomic E-state index is -0.983. The van der Waals surface area contributed by atoms with Crippen LogP contribution in [-0.2, 0) is 5.54 Å². The zero-order valence-corrected chi connectivity index (χ0v) is 9.13. The maximum atomic E-state index is 11.2. The quantitative estimate of drug-likeness (QED) is 0.758. The predicted octanol–water partition coefficient (Wildman–Crippen LogP) is 1.65. The Morgan fingerprint density at radius 3 is 2.62 bits per heavy atom. The van der Waals surface area contributed by atoms with Crippen molar-refractivity contribution >= 4 is 6.09 Å². The molecule has 0 aliphatic carbocycles. The number of aliphatic hydroxyl groups is 1. The Balaban J connectivity index is 2.39. The molecular formula is C12H15NO3. The van der Waals surface area contributed by atoms with Crippen LogP contribution in [0.2, 0.25) is 0 Å². The molecule has 4 heteroatoms. The number of likely N-dealkylation sites (tertiary alicyclic amines) is 1. The van der Waals surface area contributed by atoms with Gasteiger partial charge in [-0.1, -0.05) is 30.3 Å². The van der Waals surface area contributed by atoms with Gasteiger partial charge in [-0.25, -0.2) is 4.79 Å². The van der Waals surface area contributed by atoms with Gasteiger partial charge in [-0.05, 0) is 12.5 Å². The maximum Gasteiger partial charge on any atom is 0.408 e. The smallest absolute Gasteiger partial charge is 0.408 e. The summed E-state index contributed by atoms with van der Waals surface area (Å²) in [5.41, 5.74) is 0.306. The Morgan fingerprint density at radius 1 is 1.44 bits per heavy atom. The van der Waals surface area contributed by atoms with E-state index in [1.54, 1.807) is 0 Å². The molecule has 2 atom stereocenters. The second-order valence-corrected chi connectivity index (χ2v) is 4.39. The molecule has 0 saturated carbocycles. The normalized spacial score (nSPS) is 29.4. The topological polar surface area (TPSA) is 60.8 Å². The predicted molar refractivity (Wildman–Crippen MR) is 59.1 cm³/mol. The van der Waals surface area contributed by atoms with E-state index in [4.69, 9.17) is 5.11 Å². The molecule has 1 aliphatic heterocycles. The molecule has 1 fully saturated rings. The SMILES string of the molecule is CC1(c2ccccc2)CC(O)CN1C(=O)O. The molecule has 2 N–H and O–H groups in total. The van der Waals surface area contributed by atoms with Gasteiger partial charge in [0.15, 0.2) is 0 Å². The summed E-state index contributed by atoms with van der Waals surface area (Å²) < 4.78 is 0. The van der Waals surface area contributed by atoms with Crippen molar-refractivity contribution in [2.75, 3.05) is 6.54 Å².